The fraction of sp³-hybridized carbons (Fsp3) is 0.400. The van der Waals surface area contributed by atoms with Gasteiger partial charge < -0.3 is 14.6 Å². The van der Waals surface area contributed by atoms with Gasteiger partial charge in [0.1, 0.15) is 18.3 Å². The van der Waals surface area contributed by atoms with E-state index in [1.165, 1.54) is 31.0 Å². The molecule has 4 heterocycles. The summed E-state index contributed by atoms with van der Waals surface area (Å²) in [6.07, 6.45) is 7.64. The highest BCUT2D eigenvalue weighted by atomic mass is 35.5. The number of nitrogens with one attached hydrogen (secondary N) is 1. The molecule has 0 saturated carbocycles. The second kappa shape index (κ2) is 10.1. The van der Waals surface area contributed by atoms with Crippen molar-refractivity contribution in [1.82, 2.24) is 34.7 Å². The van der Waals surface area contributed by atoms with Crippen LogP contribution in [-0.2, 0) is 14.8 Å². The molecule has 3 aromatic rings. The van der Waals surface area contributed by atoms with Crippen molar-refractivity contribution >= 4 is 27.6 Å². The molecular formula is C20H23ClN8O5S. The number of halogens is 1. The molecule has 186 valence electrons. The van der Waals surface area contributed by atoms with Gasteiger partial charge in [0.25, 0.3) is 0 Å². The zero-order valence-corrected chi connectivity index (χ0v) is 20.6. The maximum Gasteiger partial charge on any atom is 0.245 e. The van der Waals surface area contributed by atoms with Crippen LogP contribution in [0.25, 0.3) is 5.69 Å². The molecule has 13 nitrogen and oxygen atoms in total. The topological polar surface area (TPSA) is 167 Å². The number of anilines is 1. The van der Waals surface area contributed by atoms with E-state index < -0.39 is 33.2 Å². The van der Waals surface area contributed by atoms with Crippen LogP contribution < -0.4 is 9.46 Å². The first-order valence-electron chi connectivity index (χ1n) is 10.5. The van der Waals surface area contributed by atoms with Gasteiger partial charge in [0, 0.05) is 18.3 Å². The minimum absolute atomic E-state index is 0.0187. The molecule has 1 aliphatic rings. The summed E-state index contributed by atoms with van der Waals surface area (Å²) >= 11 is 5.84. The molecule has 0 saturated heterocycles. The number of hydrogen-bond donors (Lipinski definition) is 2. The van der Waals surface area contributed by atoms with E-state index in [1.54, 1.807) is 13.0 Å². The molecule has 2 N–H and O–H groups in total. The van der Waals surface area contributed by atoms with Crippen LogP contribution in [0.3, 0.4) is 0 Å². The SMILES string of the molecule is COc1ncnc(O)c1-n1c(NS(=O)(=O)[C@@H](C)[C@H](C)c2ncc(Cl)cn2)nnc1[C@@H]1C=CCCO1. The molecule has 0 aromatic carbocycles. The predicted molar refractivity (Wildman–Crippen MR) is 125 cm³/mol. The number of aromatic hydroxyl groups is 1. The van der Waals surface area contributed by atoms with Gasteiger partial charge in [0.15, 0.2) is 11.5 Å². The molecule has 0 radical (unpaired) electrons. The van der Waals surface area contributed by atoms with Crippen LogP contribution >= 0.6 is 11.6 Å². The van der Waals surface area contributed by atoms with Crippen LogP contribution in [0, 0.1) is 0 Å². The van der Waals surface area contributed by atoms with Gasteiger partial charge in [-0.2, -0.15) is 9.97 Å². The standard InChI is InChI=1S/C20H23ClN8O5S/c1-11(16-22-8-13(21)9-23-16)12(2)35(31,32)28-20-27-26-17(14-6-4-5-7-34-14)29(20)15-18(30)24-10-25-19(15)33-3/h4,6,8-12,14H,5,7H2,1-3H3,(H,27,28)(H,24,25,30)/t11-,12-,14-/m0/s1. The lowest BCUT2D eigenvalue weighted by Crippen LogP contribution is -2.31. The first-order chi connectivity index (χ1) is 16.7. The zero-order valence-electron chi connectivity index (χ0n) is 19.0. The largest absolute Gasteiger partial charge is 0.492 e. The van der Waals surface area contributed by atoms with Crippen molar-refractivity contribution in [1.29, 1.82) is 0 Å². The molecule has 4 rings (SSSR count). The van der Waals surface area contributed by atoms with Crippen molar-refractivity contribution in [3.8, 4) is 17.4 Å². The third-order valence-electron chi connectivity index (χ3n) is 5.50. The summed E-state index contributed by atoms with van der Waals surface area (Å²) in [4.78, 5) is 16.1. The van der Waals surface area contributed by atoms with Crippen LogP contribution in [0.2, 0.25) is 5.02 Å². The second-order valence-electron chi connectivity index (χ2n) is 7.68. The van der Waals surface area contributed by atoms with Crippen molar-refractivity contribution in [2.24, 2.45) is 0 Å². The maximum atomic E-state index is 13.3. The Morgan fingerprint density at radius 3 is 2.63 bits per heavy atom. The van der Waals surface area contributed by atoms with E-state index in [-0.39, 0.29) is 23.3 Å². The molecule has 0 bridgehead atoms. The van der Waals surface area contributed by atoms with Crippen LogP contribution in [0.4, 0.5) is 5.95 Å². The van der Waals surface area contributed by atoms with Crippen molar-refractivity contribution in [2.45, 2.75) is 37.5 Å². The number of sulfonamides is 1. The molecular weight excluding hydrogens is 500 g/mol. The average molecular weight is 523 g/mol. The molecule has 0 amide bonds. The third-order valence-corrected chi connectivity index (χ3v) is 7.55. The van der Waals surface area contributed by atoms with Crippen molar-refractivity contribution < 1.29 is 23.0 Å². The number of hydrogen-bond acceptors (Lipinski definition) is 11. The molecule has 0 aliphatic carbocycles. The lowest BCUT2D eigenvalue weighted by atomic mass is 10.1. The highest BCUT2D eigenvalue weighted by Gasteiger charge is 2.33. The first-order valence-corrected chi connectivity index (χ1v) is 12.5. The number of methoxy groups -OCH3 is 1. The van der Waals surface area contributed by atoms with Crippen molar-refractivity contribution in [2.75, 3.05) is 18.4 Å². The molecule has 15 heteroatoms. The Bertz CT molecular complexity index is 1330. The van der Waals surface area contributed by atoms with E-state index in [2.05, 4.69) is 34.9 Å². The number of aromatic nitrogens is 7. The summed E-state index contributed by atoms with van der Waals surface area (Å²) in [5, 5.41) is 18.1. The van der Waals surface area contributed by atoms with Gasteiger partial charge in [-0.05, 0) is 13.3 Å². The number of ether oxygens (including phenoxy) is 2. The molecule has 1 aliphatic heterocycles. The smallest absolute Gasteiger partial charge is 0.245 e. The van der Waals surface area contributed by atoms with Crippen molar-refractivity contribution in [3.63, 3.8) is 0 Å². The summed E-state index contributed by atoms with van der Waals surface area (Å²) in [7, 11) is -2.71. The van der Waals surface area contributed by atoms with Gasteiger partial charge in [-0.3, -0.25) is 9.29 Å². The summed E-state index contributed by atoms with van der Waals surface area (Å²) < 4.78 is 41.5. The lowest BCUT2D eigenvalue weighted by Gasteiger charge is -2.22. The zero-order chi connectivity index (χ0) is 25.2. The lowest BCUT2D eigenvalue weighted by molar-refractivity contribution is 0.0730. The van der Waals surface area contributed by atoms with E-state index in [9.17, 15) is 13.5 Å². The fourth-order valence-electron chi connectivity index (χ4n) is 3.42. The van der Waals surface area contributed by atoms with Gasteiger partial charge in [0.2, 0.25) is 27.7 Å². The van der Waals surface area contributed by atoms with E-state index >= 15 is 0 Å². The van der Waals surface area contributed by atoms with E-state index in [4.69, 9.17) is 21.1 Å². The minimum Gasteiger partial charge on any atom is -0.492 e. The van der Waals surface area contributed by atoms with E-state index in [1.807, 2.05) is 6.08 Å². The third kappa shape index (κ3) is 5.04. The Balaban J connectivity index is 1.76. The average Bonchev–Trinajstić information content (AvgIpc) is 3.26. The number of nitrogens with zero attached hydrogens (tertiary/aromatic N) is 7. The fourth-order valence-corrected chi connectivity index (χ4v) is 4.75. The molecule has 0 unspecified atom stereocenters. The molecule has 35 heavy (non-hydrogen) atoms. The highest BCUT2D eigenvalue weighted by Crippen LogP contribution is 2.35. The molecule has 0 spiro atoms. The van der Waals surface area contributed by atoms with Crippen molar-refractivity contribution in [3.05, 3.63) is 47.5 Å². The Labute approximate surface area is 206 Å². The highest BCUT2D eigenvalue weighted by molar-refractivity contribution is 7.93. The summed E-state index contributed by atoms with van der Waals surface area (Å²) in [6.45, 7) is 3.63. The van der Waals surface area contributed by atoms with E-state index in [0.29, 0.717) is 17.5 Å². The van der Waals surface area contributed by atoms with Crippen LogP contribution in [0.1, 0.15) is 43.9 Å². The van der Waals surface area contributed by atoms with Crippen LogP contribution in [-0.4, -0.2) is 67.2 Å². The van der Waals surface area contributed by atoms with Gasteiger partial charge in [-0.1, -0.05) is 30.7 Å². The molecule has 3 atom stereocenters. The molecule has 3 aromatic heterocycles. The van der Waals surface area contributed by atoms with Crippen LogP contribution in [0.5, 0.6) is 11.8 Å². The Morgan fingerprint density at radius 1 is 1.23 bits per heavy atom. The van der Waals surface area contributed by atoms with Gasteiger partial charge in [0.05, 0.1) is 24.0 Å². The summed E-state index contributed by atoms with van der Waals surface area (Å²) in [6, 6.07) is 0. The van der Waals surface area contributed by atoms with Gasteiger partial charge in [-0.15, -0.1) is 10.2 Å². The van der Waals surface area contributed by atoms with E-state index in [0.717, 1.165) is 12.7 Å². The number of rotatable bonds is 8. The maximum absolute atomic E-state index is 13.3. The molecule has 0 fully saturated rings. The summed E-state index contributed by atoms with van der Waals surface area (Å²) in [5.74, 6) is -0.770. The first kappa shape index (κ1) is 24.8. The Hall–Kier alpha value is -3.36. The summed E-state index contributed by atoms with van der Waals surface area (Å²) in [5.41, 5.74) is -0.0444. The Kier molecular flexibility index (Phi) is 7.14. The quantitative estimate of drug-likeness (QED) is 0.416. The van der Waals surface area contributed by atoms with Crippen LogP contribution in [0.15, 0.2) is 30.9 Å². The normalized spacial score (nSPS) is 17.7. The monoisotopic (exact) mass is 522 g/mol. The second-order valence-corrected chi connectivity index (χ2v) is 10.2. The minimum atomic E-state index is -4.06. The Morgan fingerprint density at radius 2 is 1.97 bits per heavy atom. The van der Waals surface area contributed by atoms with Gasteiger partial charge >= 0.3 is 0 Å². The van der Waals surface area contributed by atoms with Gasteiger partial charge in [-0.25, -0.2) is 18.4 Å². The predicted octanol–water partition coefficient (Wildman–Crippen LogP) is 2.17.